The third-order valence-electron chi connectivity index (χ3n) is 11.9. The number of H-pyrrole nitrogens is 1. The molecule has 1 saturated carbocycles. The lowest BCUT2D eigenvalue weighted by molar-refractivity contribution is -0.176. The van der Waals surface area contributed by atoms with Crippen LogP contribution in [0.4, 0.5) is 4.79 Å². The van der Waals surface area contributed by atoms with E-state index in [2.05, 4.69) is 15.3 Å². The first kappa shape index (κ1) is 56.1. The van der Waals surface area contributed by atoms with Crippen molar-refractivity contribution in [3.05, 3.63) is 54.1 Å². The van der Waals surface area contributed by atoms with Crippen molar-refractivity contribution in [1.82, 2.24) is 25.1 Å². The van der Waals surface area contributed by atoms with Crippen molar-refractivity contribution in [3.63, 3.8) is 0 Å². The van der Waals surface area contributed by atoms with Crippen LogP contribution in [0.25, 0.3) is 0 Å². The first-order chi connectivity index (χ1) is 29.4. The predicted molar refractivity (Wildman–Crippen MR) is 247 cm³/mol. The summed E-state index contributed by atoms with van der Waals surface area (Å²) >= 11 is 0. The number of nitrogens with one attached hydrogen (secondary N) is 2. The quantitative estimate of drug-likeness (QED) is 0.0536. The number of amides is 5. The first-order valence-electron chi connectivity index (χ1n) is 22.0. The Labute approximate surface area is 389 Å². The number of nitrogens with zero attached hydrogens (tertiary/aromatic N) is 3. The van der Waals surface area contributed by atoms with Gasteiger partial charge in [0.05, 0.1) is 42.7 Å². The lowest BCUT2D eigenvalue weighted by atomic mass is 9.74. The Hall–Kier alpha value is -4.01. The SMILES string of the molecule is CC(C)(C)OC(=O)C1(C(=O)[C@H](Cc2c[nH]cn2)NC(=O)[C@@H](N)Cc2ccccc2)C[C@@H](CN)CCN1C(=O)N(C(=O)C[C@H](O)C(N)CC1CCCCC1)C(=O)[C@@H](N)CCCCN.Cl.Cl. The molecule has 0 radical (unpaired) electrons. The average Bonchev–Trinajstić information content (AvgIpc) is 3.76. The first-order valence-corrected chi connectivity index (χ1v) is 22.0. The van der Waals surface area contributed by atoms with Crippen LogP contribution in [0.15, 0.2) is 42.9 Å². The Morgan fingerprint density at radius 2 is 1.62 bits per heavy atom. The number of aromatic nitrogens is 2. The van der Waals surface area contributed by atoms with Crippen LogP contribution >= 0.6 is 24.8 Å². The number of rotatable bonds is 20. The van der Waals surface area contributed by atoms with E-state index in [9.17, 15) is 24.3 Å². The Morgan fingerprint density at radius 3 is 2.22 bits per heavy atom. The number of halogens is 2. The number of aromatic amines is 1. The van der Waals surface area contributed by atoms with Crippen molar-refractivity contribution in [2.45, 2.75) is 152 Å². The molecule has 20 heteroatoms. The van der Waals surface area contributed by atoms with Crippen LogP contribution in [-0.4, -0.2) is 121 Å². The van der Waals surface area contributed by atoms with E-state index in [1.807, 2.05) is 6.07 Å². The number of imide groups is 3. The number of piperidine rings is 1. The van der Waals surface area contributed by atoms with Gasteiger partial charge in [-0.2, -0.15) is 4.90 Å². The molecule has 360 valence electrons. The lowest BCUT2D eigenvalue weighted by Gasteiger charge is -2.49. The maximum atomic E-state index is 15.6. The number of Topliss-reactive ketones (excluding diaryl/α,β-unsaturated/α-hetero) is 1. The molecule has 1 aromatic carbocycles. The number of unbranched alkanes of at least 4 members (excludes halogenated alkanes) is 1. The summed E-state index contributed by atoms with van der Waals surface area (Å²) in [7, 11) is 0. The number of ketones is 1. The second-order valence-corrected chi connectivity index (χ2v) is 18.0. The summed E-state index contributed by atoms with van der Waals surface area (Å²) in [6, 6.07) is 2.84. The summed E-state index contributed by atoms with van der Waals surface area (Å²) in [5.41, 5.74) is 28.4. The van der Waals surface area contributed by atoms with Crippen LogP contribution in [0.2, 0.25) is 0 Å². The maximum Gasteiger partial charge on any atom is 0.340 e. The monoisotopic (exact) mass is 938 g/mol. The van der Waals surface area contributed by atoms with Crippen LogP contribution in [0.3, 0.4) is 0 Å². The highest BCUT2D eigenvalue weighted by molar-refractivity contribution is 6.18. The minimum atomic E-state index is -2.55. The number of ether oxygens (including phenoxy) is 1. The van der Waals surface area contributed by atoms with E-state index in [1.54, 1.807) is 45.0 Å². The van der Waals surface area contributed by atoms with Gasteiger partial charge in [0.25, 0.3) is 5.91 Å². The van der Waals surface area contributed by atoms with E-state index in [0.717, 1.165) is 42.6 Å². The second kappa shape index (κ2) is 26.2. The van der Waals surface area contributed by atoms with Crippen molar-refractivity contribution in [2.75, 3.05) is 19.6 Å². The summed E-state index contributed by atoms with van der Waals surface area (Å²) in [6.45, 7) is 4.74. The van der Waals surface area contributed by atoms with E-state index in [1.165, 1.54) is 12.5 Å². The molecule has 4 rings (SSSR count). The Balaban J connectivity index is 0.00000704. The molecule has 0 bridgehead atoms. The van der Waals surface area contributed by atoms with Gasteiger partial charge in [0, 0.05) is 25.2 Å². The van der Waals surface area contributed by atoms with Gasteiger partial charge in [-0.05, 0) is 89.8 Å². The van der Waals surface area contributed by atoms with Gasteiger partial charge in [-0.25, -0.2) is 14.6 Å². The fourth-order valence-corrected chi connectivity index (χ4v) is 8.46. The van der Waals surface area contributed by atoms with Crippen molar-refractivity contribution in [1.29, 1.82) is 0 Å². The molecule has 1 saturated heterocycles. The number of urea groups is 1. The summed E-state index contributed by atoms with van der Waals surface area (Å²) in [6.07, 6.45) is 6.90. The summed E-state index contributed by atoms with van der Waals surface area (Å²) in [5.74, 6) is -5.33. The highest BCUT2D eigenvalue weighted by Gasteiger charge is 2.61. The number of benzene rings is 1. The highest BCUT2D eigenvalue weighted by atomic mass is 35.5. The van der Waals surface area contributed by atoms with Gasteiger partial charge in [0.1, 0.15) is 5.60 Å². The van der Waals surface area contributed by atoms with Crippen molar-refractivity contribution < 1.29 is 38.6 Å². The van der Waals surface area contributed by atoms with E-state index in [-0.39, 0.29) is 75.9 Å². The maximum absolute atomic E-state index is 15.6. The molecule has 1 aliphatic heterocycles. The topological polar surface area (TPSA) is 309 Å². The number of aliphatic hydroxyl groups excluding tert-OH is 1. The number of hydrogen-bond donors (Lipinski definition) is 8. The molecule has 2 heterocycles. The Kier molecular flexibility index (Phi) is 23.0. The molecule has 18 nitrogen and oxygen atoms in total. The van der Waals surface area contributed by atoms with E-state index < -0.39 is 89.3 Å². The molecule has 1 aromatic heterocycles. The van der Waals surface area contributed by atoms with Gasteiger partial charge in [0.2, 0.25) is 17.4 Å². The number of carbonyl (C=O) groups excluding carboxylic acids is 6. The van der Waals surface area contributed by atoms with Crippen LogP contribution in [-0.2, 0) is 41.6 Å². The van der Waals surface area contributed by atoms with E-state index in [0.29, 0.717) is 36.4 Å². The number of carbonyl (C=O) groups is 6. The van der Waals surface area contributed by atoms with Gasteiger partial charge in [-0.3, -0.25) is 19.2 Å². The molecule has 7 atom stereocenters. The van der Waals surface area contributed by atoms with E-state index >= 15 is 9.59 Å². The standard InChI is InChI=1S/C44H70N10O8.2ClH/c1-43(2,3)62-41(60)44(38(57)35(22-31-26-50-27-51-31)52-39(58)34(49)21-29-14-8-5-9-15-29)24-30(25-46)17-19-53(44)42(61)54(40(59)32(47)16-10-11-18-45)37(56)23-36(55)33(48)20-28-12-6-4-7-13-28;;/h5,8-9,14-15,26-28,30,32-36,55H,4,6-7,10-13,16-25,45-49H2,1-3H3,(H,50,51)(H,52,58);2*1H/t30-,32-,33?,34-,35-,36-,44?;;/m0../s1. The molecule has 2 unspecified atom stereocenters. The molecule has 2 aromatic rings. The highest BCUT2D eigenvalue weighted by Crippen LogP contribution is 2.38. The van der Waals surface area contributed by atoms with Gasteiger partial charge < -0.3 is 53.7 Å². The molecule has 5 amide bonds. The third-order valence-corrected chi connectivity index (χ3v) is 11.9. The lowest BCUT2D eigenvalue weighted by Crippen LogP contribution is -2.73. The molecule has 13 N–H and O–H groups in total. The normalized spacial score (nSPS) is 20.3. The zero-order valence-corrected chi connectivity index (χ0v) is 39.1. The largest absolute Gasteiger partial charge is 0.458 e. The smallest absolute Gasteiger partial charge is 0.340 e. The van der Waals surface area contributed by atoms with Crippen molar-refractivity contribution in [2.24, 2.45) is 40.5 Å². The van der Waals surface area contributed by atoms with Crippen molar-refractivity contribution >= 4 is 60.3 Å². The zero-order chi connectivity index (χ0) is 45.6. The Bertz CT molecular complexity index is 1800. The summed E-state index contributed by atoms with van der Waals surface area (Å²) in [4.78, 5) is 96.6. The van der Waals surface area contributed by atoms with Gasteiger partial charge in [0.15, 0.2) is 5.78 Å². The van der Waals surface area contributed by atoms with Crippen LogP contribution < -0.4 is 34.0 Å². The van der Waals surface area contributed by atoms with Crippen LogP contribution in [0.1, 0.15) is 109 Å². The molecule has 64 heavy (non-hydrogen) atoms. The minimum absolute atomic E-state index is 0. The molecule has 2 aliphatic rings. The zero-order valence-electron chi connectivity index (χ0n) is 37.5. The number of imidazole rings is 1. The predicted octanol–water partition coefficient (Wildman–Crippen LogP) is 2.15. The van der Waals surface area contributed by atoms with Gasteiger partial charge >= 0.3 is 12.0 Å². The molecular weight excluding hydrogens is 867 g/mol. The van der Waals surface area contributed by atoms with Gasteiger partial charge in [-0.1, -0.05) is 68.9 Å². The number of aliphatic hydroxyl groups is 1. The second-order valence-electron chi connectivity index (χ2n) is 18.0. The molecule has 0 spiro atoms. The minimum Gasteiger partial charge on any atom is -0.458 e. The molecule has 1 aliphatic carbocycles. The third kappa shape index (κ3) is 15.3. The van der Waals surface area contributed by atoms with Gasteiger partial charge in [-0.15, -0.1) is 24.8 Å². The number of hydrogen-bond acceptors (Lipinski definition) is 14. The summed E-state index contributed by atoms with van der Waals surface area (Å²) < 4.78 is 5.94. The van der Waals surface area contributed by atoms with Crippen molar-refractivity contribution in [3.8, 4) is 0 Å². The fourth-order valence-electron chi connectivity index (χ4n) is 8.46. The van der Waals surface area contributed by atoms with Crippen LogP contribution in [0.5, 0.6) is 0 Å². The van der Waals surface area contributed by atoms with Crippen LogP contribution in [0, 0.1) is 11.8 Å². The Morgan fingerprint density at radius 1 is 0.953 bits per heavy atom. The number of likely N-dealkylation sites (tertiary alicyclic amines) is 1. The fraction of sp³-hybridized carbons (Fsp3) is 0.659. The average molecular weight is 940 g/mol. The molecular formula is C44H72Cl2N10O8. The number of esters is 1. The molecule has 2 fully saturated rings. The number of nitrogens with two attached hydrogens (primary N) is 5. The summed E-state index contributed by atoms with van der Waals surface area (Å²) in [5, 5.41) is 14.0. The van der Waals surface area contributed by atoms with E-state index in [4.69, 9.17) is 33.4 Å².